The van der Waals surface area contributed by atoms with Crippen molar-refractivity contribution in [3.63, 3.8) is 0 Å². The van der Waals surface area contributed by atoms with E-state index in [2.05, 4.69) is 24.1 Å². The highest BCUT2D eigenvalue weighted by molar-refractivity contribution is 6.34. The summed E-state index contributed by atoms with van der Waals surface area (Å²) in [6.45, 7) is 17.2. The molecule has 0 fully saturated rings. The molecule has 3 amide bonds. The topological polar surface area (TPSA) is 87.7 Å². The number of para-hydroxylation sites is 1. The van der Waals surface area contributed by atoms with Crippen molar-refractivity contribution in [1.29, 1.82) is 0 Å². The Bertz CT molecular complexity index is 1180. The number of rotatable bonds is 13. The van der Waals surface area contributed by atoms with Crippen LogP contribution in [0.4, 0.5) is 10.5 Å². The summed E-state index contributed by atoms with van der Waals surface area (Å²) in [5.41, 5.74) is 2.02. The maximum absolute atomic E-state index is 14.3. The van der Waals surface area contributed by atoms with Gasteiger partial charge in [-0.2, -0.15) is 0 Å². The molecule has 8 heteroatoms. The van der Waals surface area contributed by atoms with Crippen LogP contribution in [0.5, 0.6) is 0 Å². The zero-order valence-electron chi connectivity index (χ0n) is 25.6. The second kappa shape index (κ2) is 15.6. The van der Waals surface area contributed by atoms with Crippen LogP contribution in [-0.4, -0.2) is 41.0 Å². The first-order chi connectivity index (χ1) is 19.3. The highest BCUT2D eigenvalue weighted by Crippen LogP contribution is 2.30. The summed E-state index contributed by atoms with van der Waals surface area (Å²) < 4.78 is 5.46. The predicted octanol–water partition coefficient (Wildman–Crippen LogP) is 7.93. The molecule has 2 rings (SSSR count). The molecule has 0 aromatic heterocycles. The van der Waals surface area contributed by atoms with Gasteiger partial charge in [-0.15, -0.1) is 0 Å². The van der Waals surface area contributed by atoms with Gasteiger partial charge < -0.3 is 20.3 Å². The fourth-order valence-electron chi connectivity index (χ4n) is 4.51. The standard InChI is InChI=1S/C33H46ClN3O4/c1-9-11-12-13-20-37(31(39)27(22(3)4)36-32(40)41-33(6,7)8)29(25-18-15-17-24(10-2)21-25)30(38)35-28-23(5)16-14-19-26(28)34/h10,14-19,21-22,27,29H,2,9,11-13,20H2,1,3-8H3,(H,35,38)(H,36,40). The SMILES string of the molecule is C=Cc1cccc(C(C(=O)Nc2c(C)cccc2Cl)N(CCCCCC)C(=O)C(NC(=O)OC(C)(C)C)C(C)C)c1. The number of carbonyl (C=O) groups is 3. The Morgan fingerprint density at radius 3 is 2.34 bits per heavy atom. The molecule has 224 valence electrons. The maximum atomic E-state index is 14.3. The lowest BCUT2D eigenvalue weighted by atomic mass is 9.97. The summed E-state index contributed by atoms with van der Waals surface area (Å²) in [5.74, 6) is -1.02. The number of unbranched alkanes of at least 4 members (excludes halogenated alkanes) is 3. The minimum atomic E-state index is -0.985. The second-order valence-corrected chi connectivity index (χ2v) is 12.1. The van der Waals surface area contributed by atoms with E-state index in [0.29, 0.717) is 29.2 Å². The number of alkyl carbamates (subject to hydrolysis) is 1. The van der Waals surface area contributed by atoms with Crippen LogP contribution in [0.3, 0.4) is 0 Å². The van der Waals surface area contributed by atoms with Crippen LogP contribution in [0.2, 0.25) is 5.02 Å². The van der Waals surface area contributed by atoms with Gasteiger partial charge in [-0.25, -0.2) is 4.79 Å². The highest BCUT2D eigenvalue weighted by atomic mass is 35.5. The van der Waals surface area contributed by atoms with Crippen LogP contribution in [0.25, 0.3) is 6.08 Å². The number of anilines is 1. The molecule has 0 heterocycles. The Kier molecular flexibility index (Phi) is 12.9. The van der Waals surface area contributed by atoms with Crippen LogP contribution in [-0.2, 0) is 14.3 Å². The number of ether oxygens (including phenoxy) is 1. The van der Waals surface area contributed by atoms with Gasteiger partial charge in [0, 0.05) is 6.54 Å². The summed E-state index contributed by atoms with van der Waals surface area (Å²) in [4.78, 5) is 42.8. The maximum Gasteiger partial charge on any atom is 0.408 e. The third-order valence-corrected chi connectivity index (χ3v) is 6.95. The molecule has 2 aromatic carbocycles. The van der Waals surface area contributed by atoms with E-state index in [-0.39, 0.29) is 11.8 Å². The van der Waals surface area contributed by atoms with Crippen molar-refractivity contribution in [2.75, 3.05) is 11.9 Å². The monoisotopic (exact) mass is 583 g/mol. The molecular formula is C33H46ClN3O4. The van der Waals surface area contributed by atoms with E-state index in [4.69, 9.17) is 16.3 Å². The van der Waals surface area contributed by atoms with Crippen molar-refractivity contribution in [2.45, 2.75) is 91.8 Å². The zero-order chi connectivity index (χ0) is 30.7. The molecule has 7 nitrogen and oxygen atoms in total. The molecule has 0 aliphatic heterocycles. The van der Waals surface area contributed by atoms with Gasteiger partial charge in [0.2, 0.25) is 5.91 Å². The Morgan fingerprint density at radius 1 is 1.07 bits per heavy atom. The minimum absolute atomic E-state index is 0.262. The van der Waals surface area contributed by atoms with Gasteiger partial charge in [-0.1, -0.05) is 94.6 Å². The van der Waals surface area contributed by atoms with Crippen molar-refractivity contribution in [2.24, 2.45) is 5.92 Å². The largest absolute Gasteiger partial charge is 0.444 e. The summed E-state index contributed by atoms with van der Waals surface area (Å²) >= 11 is 6.46. The van der Waals surface area contributed by atoms with Crippen LogP contribution in [0, 0.1) is 12.8 Å². The first-order valence-corrected chi connectivity index (χ1v) is 14.7. The Morgan fingerprint density at radius 2 is 1.76 bits per heavy atom. The molecule has 0 spiro atoms. The molecule has 41 heavy (non-hydrogen) atoms. The van der Waals surface area contributed by atoms with Crippen LogP contribution < -0.4 is 10.6 Å². The molecule has 2 aromatic rings. The fraction of sp³-hybridized carbons (Fsp3) is 0.485. The minimum Gasteiger partial charge on any atom is -0.444 e. The molecule has 0 aliphatic rings. The average molecular weight is 584 g/mol. The number of hydrogen-bond acceptors (Lipinski definition) is 4. The lowest BCUT2D eigenvalue weighted by Gasteiger charge is -2.36. The van der Waals surface area contributed by atoms with E-state index in [0.717, 1.165) is 30.4 Å². The summed E-state index contributed by atoms with van der Waals surface area (Å²) in [6, 6.07) is 10.9. The number of nitrogens with zero attached hydrogens (tertiary/aromatic N) is 1. The quantitative estimate of drug-likeness (QED) is 0.234. The fourth-order valence-corrected chi connectivity index (χ4v) is 4.78. The predicted molar refractivity (Wildman–Crippen MR) is 168 cm³/mol. The lowest BCUT2D eigenvalue weighted by Crippen LogP contribution is -2.54. The zero-order valence-corrected chi connectivity index (χ0v) is 26.3. The molecule has 2 N–H and O–H groups in total. The number of hydrogen-bond donors (Lipinski definition) is 2. The van der Waals surface area contributed by atoms with E-state index >= 15 is 0 Å². The van der Waals surface area contributed by atoms with Gasteiger partial charge in [0.25, 0.3) is 5.91 Å². The van der Waals surface area contributed by atoms with Crippen molar-refractivity contribution in [3.05, 3.63) is 70.8 Å². The van der Waals surface area contributed by atoms with Gasteiger partial charge in [0.05, 0.1) is 10.7 Å². The van der Waals surface area contributed by atoms with Crippen LogP contribution >= 0.6 is 11.6 Å². The molecule has 0 radical (unpaired) electrons. The van der Waals surface area contributed by atoms with E-state index in [1.165, 1.54) is 0 Å². The Labute approximate surface area is 250 Å². The van der Waals surface area contributed by atoms with Gasteiger partial charge in [-0.3, -0.25) is 9.59 Å². The number of nitrogens with one attached hydrogen (secondary N) is 2. The third kappa shape index (κ3) is 10.2. The van der Waals surface area contributed by atoms with E-state index in [1.54, 1.807) is 37.8 Å². The van der Waals surface area contributed by atoms with Gasteiger partial charge in [0.15, 0.2) is 0 Å². The number of halogens is 1. The van der Waals surface area contributed by atoms with Gasteiger partial charge in [-0.05, 0) is 68.9 Å². The van der Waals surface area contributed by atoms with Gasteiger partial charge >= 0.3 is 6.09 Å². The van der Waals surface area contributed by atoms with Crippen molar-refractivity contribution >= 4 is 41.3 Å². The second-order valence-electron chi connectivity index (χ2n) is 11.7. The van der Waals surface area contributed by atoms with E-state index in [9.17, 15) is 14.4 Å². The van der Waals surface area contributed by atoms with Crippen LogP contribution in [0.15, 0.2) is 49.0 Å². The van der Waals surface area contributed by atoms with E-state index < -0.39 is 29.7 Å². The van der Waals surface area contributed by atoms with Crippen molar-refractivity contribution in [3.8, 4) is 0 Å². The molecule has 2 unspecified atom stereocenters. The normalized spacial score (nSPS) is 12.8. The highest BCUT2D eigenvalue weighted by Gasteiger charge is 2.37. The number of benzene rings is 2. The molecule has 0 saturated carbocycles. The van der Waals surface area contributed by atoms with Crippen molar-refractivity contribution < 1.29 is 19.1 Å². The first-order valence-electron chi connectivity index (χ1n) is 14.4. The van der Waals surface area contributed by atoms with Crippen LogP contribution in [0.1, 0.15) is 90.0 Å². The van der Waals surface area contributed by atoms with Crippen molar-refractivity contribution in [1.82, 2.24) is 10.2 Å². The number of amides is 3. The molecule has 0 aliphatic carbocycles. The number of carbonyl (C=O) groups excluding carboxylic acids is 3. The Hall–Kier alpha value is -3.32. The molecule has 0 saturated heterocycles. The summed E-state index contributed by atoms with van der Waals surface area (Å²) in [6.07, 6.45) is 4.65. The summed E-state index contributed by atoms with van der Waals surface area (Å²) in [5, 5.41) is 6.16. The molecular weight excluding hydrogens is 538 g/mol. The molecule has 0 bridgehead atoms. The lowest BCUT2D eigenvalue weighted by molar-refractivity contribution is -0.141. The smallest absolute Gasteiger partial charge is 0.408 e. The third-order valence-electron chi connectivity index (χ3n) is 6.63. The van der Waals surface area contributed by atoms with E-state index in [1.807, 2.05) is 57.2 Å². The average Bonchev–Trinajstić information content (AvgIpc) is 2.89. The first kappa shape index (κ1) is 33.9. The molecule has 2 atom stereocenters. The van der Waals surface area contributed by atoms with Gasteiger partial charge in [0.1, 0.15) is 17.7 Å². The Balaban J connectivity index is 2.61. The number of aryl methyl sites for hydroxylation is 1. The summed E-state index contributed by atoms with van der Waals surface area (Å²) in [7, 11) is 0.